The average molecular weight is 246 g/mol. The van der Waals surface area contributed by atoms with Crippen LogP contribution >= 0.6 is 11.8 Å². The van der Waals surface area contributed by atoms with Gasteiger partial charge in [-0.1, -0.05) is 11.8 Å². The van der Waals surface area contributed by atoms with E-state index < -0.39 is 0 Å². The molecule has 0 unspecified atom stereocenters. The summed E-state index contributed by atoms with van der Waals surface area (Å²) < 4.78 is 0. The predicted molar refractivity (Wildman–Crippen MR) is 68.9 cm³/mol. The minimum atomic E-state index is 0.871. The SMILES string of the molecule is Cc1cnc(SCCc2cc[nH+]cc2)nc1C. The van der Waals surface area contributed by atoms with E-state index in [0.717, 1.165) is 28.6 Å². The van der Waals surface area contributed by atoms with Crippen molar-refractivity contribution in [3.63, 3.8) is 0 Å². The summed E-state index contributed by atoms with van der Waals surface area (Å²) in [6, 6.07) is 4.20. The van der Waals surface area contributed by atoms with Crippen molar-refractivity contribution in [2.75, 3.05) is 5.75 Å². The third-order valence-electron chi connectivity index (χ3n) is 2.61. The fourth-order valence-electron chi connectivity index (χ4n) is 1.42. The molecular formula is C13H16N3S+. The van der Waals surface area contributed by atoms with Crippen LogP contribution in [0, 0.1) is 13.8 Å². The van der Waals surface area contributed by atoms with Gasteiger partial charge in [0.15, 0.2) is 17.6 Å². The van der Waals surface area contributed by atoms with Gasteiger partial charge in [-0.15, -0.1) is 0 Å². The van der Waals surface area contributed by atoms with Crippen LogP contribution in [-0.4, -0.2) is 15.7 Å². The predicted octanol–water partition coefficient (Wildman–Crippen LogP) is 2.24. The number of nitrogens with one attached hydrogen (secondary N) is 1. The smallest absolute Gasteiger partial charge is 0.187 e. The summed E-state index contributed by atoms with van der Waals surface area (Å²) in [6.45, 7) is 4.05. The molecule has 0 amide bonds. The first-order valence-electron chi connectivity index (χ1n) is 5.64. The van der Waals surface area contributed by atoms with Gasteiger partial charge < -0.3 is 0 Å². The molecule has 3 nitrogen and oxygen atoms in total. The van der Waals surface area contributed by atoms with E-state index >= 15 is 0 Å². The zero-order chi connectivity index (χ0) is 12.1. The van der Waals surface area contributed by atoms with Crippen molar-refractivity contribution in [3.05, 3.63) is 47.5 Å². The van der Waals surface area contributed by atoms with E-state index in [1.807, 2.05) is 32.4 Å². The van der Waals surface area contributed by atoms with Crippen LogP contribution in [0.2, 0.25) is 0 Å². The van der Waals surface area contributed by atoms with Crippen LogP contribution < -0.4 is 4.98 Å². The lowest BCUT2D eigenvalue weighted by molar-refractivity contribution is -0.378. The number of H-pyrrole nitrogens is 1. The Morgan fingerprint density at radius 2 is 2.00 bits per heavy atom. The molecule has 2 rings (SSSR count). The minimum absolute atomic E-state index is 0.871. The molecule has 2 aromatic heterocycles. The zero-order valence-electron chi connectivity index (χ0n) is 10.1. The van der Waals surface area contributed by atoms with Crippen molar-refractivity contribution in [1.82, 2.24) is 9.97 Å². The van der Waals surface area contributed by atoms with Crippen LogP contribution in [0.15, 0.2) is 35.9 Å². The summed E-state index contributed by atoms with van der Waals surface area (Å²) in [6.07, 6.45) is 6.83. The van der Waals surface area contributed by atoms with E-state index in [0.29, 0.717) is 0 Å². The van der Waals surface area contributed by atoms with Gasteiger partial charge in [0.05, 0.1) is 0 Å². The van der Waals surface area contributed by atoms with Gasteiger partial charge in [-0.3, -0.25) is 0 Å². The van der Waals surface area contributed by atoms with Crippen LogP contribution in [0.4, 0.5) is 0 Å². The number of aromatic amines is 1. The lowest BCUT2D eigenvalue weighted by Gasteiger charge is -2.02. The summed E-state index contributed by atoms with van der Waals surface area (Å²) >= 11 is 1.71. The molecule has 0 aliphatic rings. The molecule has 0 spiro atoms. The second-order valence-electron chi connectivity index (χ2n) is 3.93. The van der Waals surface area contributed by atoms with Gasteiger partial charge in [-0.2, -0.15) is 0 Å². The van der Waals surface area contributed by atoms with Crippen LogP contribution in [0.3, 0.4) is 0 Å². The largest absolute Gasteiger partial charge is 0.231 e. The molecule has 17 heavy (non-hydrogen) atoms. The topological polar surface area (TPSA) is 39.9 Å². The van der Waals surface area contributed by atoms with Crippen LogP contribution in [0.5, 0.6) is 0 Å². The van der Waals surface area contributed by atoms with Crippen LogP contribution in [0.1, 0.15) is 16.8 Å². The monoisotopic (exact) mass is 246 g/mol. The Balaban J connectivity index is 1.88. The second kappa shape index (κ2) is 5.77. The van der Waals surface area contributed by atoms with Crippen molar-refractivity contribution < 1.29 is 4.98 Å². The first-order chi connectivity index (χ1) is 8.25. The second-order valence-corrected chi connectivity index (χ2v) is 4.99. The highest BCUT2D eigenvalue weighted by atomic mass is 32.2. The molecule has 0 aliphatic heterocycles. The molecule has 0 aliphatic carbocycles. The molecule has 0 fully saturated rings. The normalized spacial score (nSPS) is 10.5. The van der Waals surface area contributed by atoms with E-state index in [1.54, 1.807) is 11.8 Å². The Morgan fingerprint density at radius 1 is 1.24 bits per heavy atom. The summed E-state index contributed by atoms with van der Waals surface area (Å²) in [7, 11) is 0. The maximum absolute atomic E-state index is 4.45. The highest BCUT2D eigenvalue weighted by molar-refractivity contribution is 7.99. The average Bonchev–Trinajstić information content (AvgIpc) is 2.35. The Morgan fingerprint density at radius 3 is 2.71 bits per heavy atom. The maximum Gasteiger partial charge on any atom is 0.187 e. The summed E-state index contributed by atoms with van der Waals surface area (Å²) in [4.78, 5) is 11.8. The standard InChI is InChI=1S/C13H15N3S/c1-10-9-15-13(16-11(10)2)17-8-5-12-3-6-14-7-4-12/h3-4,6-7,9H,5,8H2,1-2H3/p+1. The highest BCUT2D eigenvalue weighted by Gasteiger charge is 2.01. The van der Waals surface area contributed by atoms with Gasteiger partial charge in [0, 0.05) is 29.8 Å². The van der Waals surface area contributed by atoms with Crippen molar-refractivity contribution in [2.45, 2.75) is 25.4 Å². The molecule has 4 heteroatoms. The number of thioether (sulfide) groups is 1. The molecule has 2 heterocycles. The summed E-state index contributed by atoms with van der Waals surface area (Å²) in [5, 5.41) is 0.871. The first kappa shape index (κ1) is 12.0. The molecule has 0 saturated heterocycles. The van der Waals surface area contributed by atoms with Gasteiger partial charge in [-0.25, -0.2) is 15.0 Å². The molecule has 0 atom stereocenters. The van der Waals surface area contributed by atoms with Crippen molar-refractivity contribution in [1.29, 1.82) is 0 Å². The van der Waals surface area contributed by atoms with Gasteiger partial charge in [0.1, 0.15) is 0 Å². The lowest BCUT2D eigenvalue weighted by atomic mass is 10.2. The van der Waals surface area contributed by atoms with E-state index in [2.05, 4.69) is 27.1 Å². The fraction of sp³-hybridized carbons (Fsp3) is 0.308. The highest BCUT2D eigenvalue weighted by Crippen LogP contribution is 2.15. The van der Waals surface area contributed by atoms with Crippen molar-refractivity contribution in [2.24, 2.45) is 0 Å². The molecule has 0 saturated carbocycles. The Kier molecular flexibility index (Phi) is 4.09. The number of hydrogen-bond acceptors (Lipinski definition) is 3. The lowest BCUT2D eigenvalue weighted by Crippen LogP contribution is -2.00. The molecular weight excluding hydrogens is 230 g/mol. The first-order valence-corrected chi connectivity index (χ1v) is 6.62. The Hall–Kier alpha value is -1.42. The van der Waals surface area contributed by atoms with E-state index in [-0.39, 0.29) is 0 Å². The summed E-state index contributed by atoms with van der Waals surface area (Å²) in [5.41, 5.74) is 3.55. The molecule has 0 aromatic carbocycles. The zero-order valence-corrected chi connectivity index (χ0v) is 10.9. The van der Waals surface area contributed by atoms with Gasteiger partial charge in [0.2, 0.25) is 0 Å². The molecule has 88 valence electrons. The van der Waals surface area contributed by atoms with E-state index in [1.165, 1.54) is 5.56 Å². The van der Waals surface area contributed by atoms with Crippen molar-refractivity contribution >= 4 is 11.8 Å². The quantitative estimate of drug-likeness (QED) is 0.613. The third kappa shape index (κ3) is 3.53. The number of aromatic nitrogens is 3. The Bertz CT molecular complexity index is 485. The van der Waals surface area contributed by atoms with Gasteiger partial charge in [0.25, 0.3) is 0 Å². The molecule has 2 aromatic rings. The molecule has 1 N–H and O–H groups in total. The van der Waals surface area contributed by atoms with E-state index in [4.69, 9.17) is 0 Å². The number of aryl methyl sites for hydroxylation is 3. The number of nitrogens with zero attached hydrogens (tertiary/aromatic N) is 2. The number of rotatable bonds is 4. The van der Waals surface area contributed by atoms with Gasteiger partial charge in [-0.05, 0) is 31.4 Å². The fourth-order valence-corrected chi connectivity index (χ4v) is 2.27. The van der Waals surface area contributed by atoms with Crippen molar-refractivity contribution in [3.8, 4) is 0 Å². The summed E-state index contributed by atoms with van der Waals surface area (Å²) in [5.74, 6) is 1.01. The van der Waals surface area contributed by atoms with E-state index in [9.17, 15) is 0 Å². The van der Waals surface area contributed by atoms with Crippen LogP contribution in [-0.2, 0) is 6.42 Å². The van der Waals surface area contributed by atoms with Gasteiger partial charge >= 0.3 is 0 Å². The minimum Gasteiger partial charge on any atom is -0.231 e. The number of hydrogen-bond donors (Lipinski definition) is 0. The third-order valence-corrected chi connectivity index (χ3v) is 3.47. The molecule has 0 radical (unpaired) electrons. The Labute approximate surface area is 106 Å². The number of pyridine rings is 1. The van der Waals surface area contributed by atoms with Crippen LogP contribution in [0.25, 0.3) is 0 Å². The molecule has 0 bridgehead atoms. The maximum atomic E-state index is 4.45.